The third-order valence-corrected chi connectivity index (χ3v) is 3.89. The standard InChI is InChI=1S/C21H29N3O2/c1-3-22-21(23-14-13-20(25)18-7-5-4-6-8-18)24-15-16-26-19-11-9-17(2)10-12-19/h4-12,20,25H,3,13-16H2,1-2H3,(H2,22,23,24). The Morgan fingerprint density at radius 3 is 2.50 bits per heavy atom. The number of aliphatic hydroxyl groups excluding tert-OH is 1. The first-order valence-electron chi connectivity index (χ1n) is 9.13. The van der Waals surface area contributed by atoms with Gasteiger partial charge in [0.25, 0.3) is 0 Å². The first kappa shape index (κ1) is 19.8. The van der Waals surface area contributed by atoms with Gasteiger partial charge < -0.3 is 20.5 Å². The molecule has 1 atom stereocenters. The van der Waals surface area contributed by atoms with Gasteiger partial charge in [-0.1, -0.05) is 48.0 Å². The molecule has 140 valence electrons. The third kappa shape index (κ3) is 7.15. The molecule has 26 heavy (non-hydrogen) atoms. The Labute approximate surface area is 156 Å². The number of hydrogen-bond acceptors (Lipinski definition) is 3. The van der Waals surface area contributed by atoms with Gasteiger partial charge in [-0.15, -0.1) is 0 Å². The Kier molecular flexibility index (Phi) is 8.49. The Bertz CT molecular complexity index is 657. The summed E-state index contributed by atoms with van der Waals surface area (Å²) < 4.78 is 5.70. The van der Waals surface area contributed by atoms with E-state index in [1.165, 1.54) is 5.56 Å². The van der Waals surface area contributed by atoms with E-state index in [4.69, 9.17) is 4.74 Å². The highest BCUT2D eigenvalue weighted by Crippen LogP contribution is 2.15. The van der Waals surface area contributed by atoms with Crippen molar-refractivity contribution in [3.63, 3.8) is 0 Å². The van der Waals surface area contributed by atoms with Crippen LogP contribution in [-0.2, 0) is 0 Å². The van der Waals surface area contributed by atoms with E-state index in [9.17, 15) is 5.11 Å². The van der Waals surface area contributed by atoms with Crippen LogP contribution in [0.25, 0.3) is 0 Å². The van der Waals surface area contributed by atoms with Crippen LogP contribution < -0.4 is 15.4 Å². The summed E-state index contributed by atoms with van der Waals surface area (Å²) in [5.41, 5.74) is 2.14. The van der Waals surface area contributed by atoms with Crippen LogP contribution in [0, 0.1) is 6.92 Å². The van der Waals surface area contributed by atoms with Crippen molar-refractivity contribution in [3.05, 3.63) is 65.7 Å². The van der Waals surface area contributed by atoms with E-state index < -0.39 is 6.10 Å². The monoisotopic (exact) mass is 355 g/mol. The lowest BCUT2D eigenvalue weighted by atomic mass is 10.1. The molecule has 0 spiro atoms. The van der Waals surface area contributed by atoms with E-state index >= 15 is 0 Å². The summed E-state index contributed by atoms with van der Waals surface area (Å²) in [7, 11) is 0. The second kappa shape index (κ2) is 11.2. The average Bonchev–Trinajstić information content (AvgIpc) is 2.67. The number of nitrogens with one attached hydrogen (secondary N) is 2. The molecule has 2 aromatic carbocycles. The largest absolute Gasteiger partial charge is 0.492 e. The van der Waals surface area contributed by atoms with Crippen molar-refractivity contribution in [2.75, 3.05) is 26.2 Å². The van der Waals surface area contributed by atoms with Crippen molar-refractivity contribution in [1.82, 2.24) is 10.6 Å². The maximum atomic E-state index is 10.2. The van der Waals surface area contributed by atoms with E-state index in [2.05, 4.69) is 22.5 Å². The molecule has 1 unspecified atom stereocenters. The number of aliphatic hydroxyl groups is 1. The fourth-order valence-corrected chi connectivity index (χ4v) is 2.46. The Balaban J connectivity index is 1.72. The zero-order valence-corrected chi connectivity index (χ0v) is 15.6. The minimum Gasteiger partial charge on any atom is -0.492 e. The molecule has 0 saturated heterocycles. The van der Waals surface area contributed by atoms with Gasteiger partial charge >= 0.3 is 0 Å². The van der Waals surface area contributed by atoms with Crippen LogP contribution in [-0.4, -0.2) is 37.3 Å². The molecule has 0 amide bonds. The summed E-state index contributed by atoms with van der Waals surface area (Å²) in [6.45, 7) is 6.62. The molecular weight excluding hydrogens is 326 g/mol. The number of guanidine groups is 1. The summed E-state index contributed by atoms with van der Waals surface area (Å²) in [6.07, 6.45) is 0.0909. The van der Waals surface area contributed by atoms with Crippen molar-refractivity contribution < 1.29 is 9.84 Å². The first-order valence-corrected chi connectivity index (χ1v) is 9.13. The number of aliphatic imine (C=N–C) groups is 1. The van der Waals surface area contributed by atoms with Gasteiger partial charge in [0.15, 0.2) is 5.96 Å². The fraction of sp³-hybridized carbons (Fsp3) is 0.381. The minimum absolute atomic E-state index is 0.493. The minimum atomic E-state index is -0.493. The molecule has 0 bridgehead atoms. The fourth-order valence-electron chi connectivity index (χ4n) is 2.46. The smallest absolute Gasteiger partial charge is 0.191 e. The normalized spacial score (nSPS) is 12.5. The lowest BCUT2D eigenvalue weighted by molar-refractivity contribution is 0.170. The van der Waals surface area contributed by atoms with Crippen LogP contribution in [0.4, 0.5) is 0 Å². The predicted molar refractivity (Wildman–Crippen MR) is 107 cm³/mol. The predicted octanol–water partition coefficient (Wildman–Crippen LogP) is 3.05. The highest BCUT2D eigenvalue weighted by atomic mass is 16.5. The van der Waals surface area contributed by atoms with Gasteiger partial charge in [-0.2, -0.15) is 0 Å². The third-order valence-electron chi connectivity index (χ3n) is 3.89. The highest BCUT2D eigenvalue weighted by molar-refractivity contribution is 5.79. The topological polar surface area (TPSA) is 65.9 Å². The molecule has 2 rings (SSSR count). The summed E-state index contributed by atoms with van der Waals surface area (Å²) in [5.74, 6) is 1.60. The van der Waals surface area contributed by atoms with Crippen LogP contribution in [0.3, 0.4) is 0 Å². The Hall–Kier alpha value is -2.53. The van der Waals surface area contributed by atoms with Gasteiger partial charge in [0.05, 0.1) is 12.6 Å². The molecule has 0 aliphatic carbocycles. The molecule has 5 nitrogen and oxygen atoms in total. The molecule has 3 N–H and O–H groups in total. The number of benzene rings is 2. The summed E-state index contributed by atoms with van der Waals surface area (Å²) in [6, 6.07) is 17.7. The van der Waals surface area contributed by atoms with E-state index in [1.807, 2.05) is 61.5 Å². The second-order valence-electron chi connectivity index (χ2n) is 6.06. The lowest BCUT2D eigenvalue weighted by Crippen LogP contribution is -2.39. The molecule has 2 aromatic rings. The van der Waals surface area contributed by atoms with Crippen LogP contribution in [0.1, 0.15) is 30.6 Å². The van der Waals surface area contributed by atoms with Crippen molar-refractivity contribution >= 4 is 5.96 Å². The van der Waals surface area contributed by atoms with Crippen LogP contribution in [0.2, 0.25) is 0 Å². The van der Waals surface area contributed by atoms with Crippen molar-refractivity contribution in [2.45, 2.75) is 26.4 Å². The molecular formula is C21H29N3O2. The van der Waals surface area contributed by atoms with Crippen molar-refractivity contribution in [1.29, 1.82) is 0 Å². The maximum Gasteiger partial charge on any atom is 0.191 e. The SMILES string of the molecule is CCNC(=NCCC(O)c1ccccc1)NCCOc1ccc(C)cc1. The van der Waals surface area contributed by atoms with Gasteiger partial charge in [-0.05, 0) is 38.0 Å². The van der Waals surface area contributed by atoms with Crippen molar-refractivity contribution in [2.24, 2.45) is 4.99 Å². The van der Waals surface area contributed by atoms with Crippen molar-refractivity contribution in [3.8, 4) is 5.75 Å². The zero-order chi connectivity index (χ0) is 18.6. The maximum absolute atomic E-state index is 10.2. The van der Waals surface area contributed by atoms with Gasteiger partial charge in [0.2, 0.25) is 0 Å². The molecule has 0 fully saturated rings. The summed E-state index contributed by atoms with van der Waals surface area (Å²) in [4.78, 5) is 4.51. The number of aryl methyl sites for hydroxylation is 1. The van der Waals surface area contributed by atoms with E-state index in [1.54, 1.807) is 0 Å². The highest BCUT2D eigenvalue weighted by Gasteiger charge is 2.06. The summed E-state index contributed by atoms with van der Waals surface area (Å²) in [5, 5.41) is 16.6. The molecule has 0 heterocycles. The van der Waals surface area contributed by atoms with Crippen LogP contribution in [0.15, 0.2) is 59.6 Å². The first-order chi connectivity index (χ1) is 12.7. The molecule has 5 heteroatoms. The van der Waals surface area contributed by atoms with Gasteiger partial charge in [-0.3, -0.25) is 4.99 Å². The van der Waals surface area contributed by atoms with Crippen LogP contribution in [0.5, 0.6) is 5.75 Å². The summed E-state index contributed by atoms with van der Waals surface area (Å²) >= 11 is 0. The van der Waals surface area contributed by atoms with E-state index in [-0.39, 0.29) is 0 Å². The second-order valence-corrected chi connectivity index (χ2v) is 6.06. The molecule has 0 aromatic heterocycles. The zero-order valence-electron chi connectivity index (χ0n) is 15.6. The molecule has 0 aliphatic rings. The molecule has 0 radical (unpaired) electrons. The van der Waals surface area contributed by atoms with Gasteiger partial charge in [0.1, 0.15) is 12.4 Å². The average molecular weight is 355 g/mol. The number of rotatable bonds is 9. The van der Waals surface area contributed by atoms with Gasteiger partial charge in [-0.25, -0.2) is 0 Å². The Morgan fingerprint density at radius 2 is 1.81 bits per heavy atom. The number of hydrogen-bond donors (Lipinski definition) is 3. The lowest BCUT2D eigenvalue weighted by Gasteiger charge is -2.13. The number of nitrogens with zero attached hydrogens (tertiary/aromatic N) is 1. The van der Waals surface area contributed by atoms with E-state index in [0.717, 1.165) is 23.8 Å². The number of ether oxygens (including phenoxy) is 1. The quantitative estimate of drug-likeness (QED) is 0.367. The molecule has 0 saturated carbocycles. The van der Waals surface area contributed by atoms with Gasteiger partial charge in [0, 0.05) is 13.1 Å². The van der Waals surface area contributed by atoms with Crippen LogP contribution >= 0.6 is 0 Å². The Morgan fingerprint density at radius 1 is 1.08 bits per heavy atom. The molecule has 0 aliphatic heterocycles. The van der Waals surface area contributed by atoms with E-state index in [0.29, 0.717) is 26.1 Å².